The first-order valence-corrected chi connectivity index (χ1v) is 8.86. The normalized spacial score (nSPS) is 11.3. The minimum absolute atomic E-state index is 0.319. The summed E-state index contributed by atoms with van der Waals surface area (Å²) in [6, 6.07) is 8.99. The third-order valence-corrected chi connectivity index (χ3v) is 5.90. The molecule has 0 spiro atoms. The fraction of sp³-hybridized carbons (Fsp3) is 0.200. The summed E-state index contributed by atoms with van der Waals surface area (Å²) < 4.78 is 0. The topological polar surface area (TPSA) is 12.0 Å². The molecule has 0 saturated heterocycles. The fourth-order valence-electron chi connectivity index (χ4n) is 2.03. The molecule has 3 aromatic rings. The summed E-state index contributed by atoms with van der Waals surface area (Å²) in [5.74, 6) is 0. The molecule has 0 aliphatic rings. The van der Waals surface area contributed by atoms with Crippen LogP contribution in [-0.2, 0) is 6.54 Å². The lowest BCUT2D eigenvalue weighted by atomic mass is 10.1. The summed E-state index contributed by atoms with van der Waals surface area (Å²) in [6.45, 7) is 3.11. The highest BCUT2D eigenvalue weighted by molar-refractivity contribution is 7.11. The Morgan fingerprint density at radius 1 is 1.05 bits per heavy atom. The molecule has 0 saturated carbocycles. The highest BCUT2D eigenvalue weighted by atomic mass is 32.1. The van der Waals surface area contributed by atoms with Gasteiger partial charge in [-0.1, -0.05) is 12.1 Å². The minimum Gasteiger partial charge on any atom is -0.301 e. The molecule has 3 aromatic heterocycles. The SMILES string of the molecule is Cc1cscc1CNC(c1cccs1)c1cccs1. The number of thiophene rings is 3. The summed E-state index contributed by atoms with van der Waals surface area (Å²) in [7, 11) is 0. The Bertz CT molecular complexity index is 573. The first-order valence-electron chi connectivity index (χ1n) is 6.16. The van der Waals surface area contributed by atoms with Crippen molar-refractivity contribution in [2.24, 2.45) is 0 Å². The van der Waals surface area contributed by atoms with Gasteiger partial charge in [0, 0.05) is 16.3 Å². The standard InChI is InChI=1S/C15H15NS3/c1-11-9-17-10-12(11)8-16-15(13-4-2-6-18-13)14-5-3-7-19-14/h2-7,9-10,15-16H,8H2,1H3. The van der Waals surface area contributed by atoms with Crippen molar-refractivity contribution >= 4 is 34.0 Å². The van der Waals surface area contributed by atoms with Gasteiger partial charge in [-0.15, -0.1) is 22.7 Å². The number of aryl methyl sites for hydroxylation is 1. The zero-order chi connectivity index (χ0) is 13.1. The lowest BCUT2D eigenvalue weighted by molar-refractivity contribution is 0.621. The van der Waals surface area contributed by atoms with Crippen molar-refractivity contribution in [2.45, 2.75) is 19.5 Å². The lowest BCUT2D eigenvalue weighted by Crippen LogP contribution is -2.20. The maximum absolute atomic E-state index is 3.70. The van der Waals surface area contributed by atoms with Crippen LogP contribution in [-0.4, -0.2) is 0 Å². The van der Waals surface area contributed by atoms with Gasteiger partial charge >= 0.3 is 0 Å². The van der Waals surface area contributed by atoms with E-state index < -0.39 is 0 Å². The Morgan fingerprint density at radius 3 is 2.21 bits per heavy atom. The van der Waals surface area contributed by atoms with Crippen LogP contribution in [0.15, 0.2) is 45.8 Å². The molecule has 0 bridgehead atoms. The van der Waals surface area contributed by atoms with Crippen LogP contribution in [0.5, 0.6) is 0 Å². The molecule has 98 valence electrons. The predicted molar refractivity (Wildman–Crippen MR) is 86.4 cm³/mol. The molecule has 4 heteroatoms. The van der Waals surface area contributed by atoms with Crippen molar-refractivity contribution in [2.75, 3.05) is 0 Å². The van der Waals surface area contributed by atoms with Crippen molar-refractivity contribution in [3.05, 3.63) is 66.7 Å². The van der Waals surface area contributed by atoms with E-state index in [0.29, 0.717) is 6.04 Å². The second-order valence-corrected chi connectivity index (χ2v) is 7.13. The molecule has 0 amide bonds. The van der Waals surface area contributed by atoms with Crippen LogP contribution in [0.25, 0.3) is 0 Å². The van der Waals surface area contributed by atoms with Gasteiger partial charge in [0.25, 0.3) is 0 Å². The van der Waals surface area contributed by atoms with Crippen molar-refractivity contribution in [1.29, 1.82) is 0 Å². The molecule has 3 heterocycles. The van der Waals surface area contributed by atoms with Crippen molar-refractivity contribution in [3.8, 4) is 0 Å². The van der Waals surface area contributed by atoms with Gasteiger partial charge in [0.1, 0.15) is 0 Å². The number of hydrogen-bond donors (Lipinski definition) is 1. The molecular weight excluding hydrogens is 290 g/mol. The van der Waals surface area contributed by atoms with Gasteiger partial charge in [0.15, 0.2) is 0 Å². The van der Waals surface area contributed by atoms with Crippen molar-refractivity contribution < 1.29 is 0 Å². The Morgan fingerprint density at radius 2 is 1.74 bits per heavy atom. The average Bonchev–Trinajstić information content (AvgIpc) is 3.13. The molecule has 0 aliphatic carbocycles. The second kappa shape index (κ2) is 6.01. The summed E-state index contributed by atoms with van der Waals surface area (Å²) in [6.07, 6.45) is 0. The van der Waals surface area contributed by atoms with E-state index in [1.807, 2.05) is 22.7 Å². The van der Waals surface area contributed by atoms with Crippen LogP contribution in [0.1, 0.15) is 26.9 Å². The molecule has 0 radical (unpaired) electrons. The lowest BCUT2D eigenvalue weighted by Gasteiger charge is -2.16. The fourth-order valence-corrected chi connectivity index (χ4v) is 4.60. The molecular formula is C15H15NS3. The van der Waals surface area contributed by atoms with Crippen LogP contribution in [0.3, 0.4) is 0 Å². The smallest absolute Gasteiger partial charge is 0.0767 e. The van der Waals surface area contributed by atoms with Gasteiger partial charge in [-0.25, -0.2) is 0 Å². The molecule has 1 nitrogen and oxygen atoms in total. The maximum Gasteiger partial charge on any atom is 0.0767 e. The van der Waals surface area contributed by atoms with Gasteiger partial charge in [-0.3, -0.25) is 0 Å². The van der Waals surface area contributed by atoms with E-state index in [1.165, 1.54) is 20.9 Å². The number of rotatable bonds is 5. The van der Waals surface area contributed by atoms with Crippen LogP contribution in [0.2, 0.25) is 0 Å². The van der Waals surface area contributed by atoms with E-state index in [4.69, 9.17) is 0 Å². The first-order chi connectivity index (χ1) is 9.34. The summed E-state index contributed by atoms with van der Waals surface area (Å²) in [4.78, 5) is 2.77. The molecule has 19 heavy (non-hydrogen) atoms. The van der Waals surface area contributed by atoms with E-state index in [1.54, 1.807) is 11.3 Å². The predicted octanol–water partition coefficient (Wildman–Crippen LogP) is 5.06. The Labute approximate surface area is 125 Å². The number of nitrogens with one attached hydrogen (secondary N) is 1. The zero-order valence-electron chi connectivity index (χ0n) is 10.6. The highest BCUT2D eigenvalue weighted by Gasteiger charge is 2.16. The molecule has 0 fully saturated rings. The van der Waals surface area contributed by atoms with E-state index >= 15 is 0 Å². The van der Waals surface area contributed by atoms with Crippen molar-refractivity contribution in [1.82, 2.24) is 5.32 Å². The third-order valence-electron chi connectivity index (χ3n) is 3.11. The van der Waals surface area contributed by atoms with Crippen LogP contribution in [0, 0.1) is 6.92 Å². The van der Waals surface area contributed by atoms with E-state index in [2.05, 4.69) is 58.0 Å². The molecule has 0 aliphatic heterocycles. The third kappa shape index (κ3) is 2.98. The minimum atomic E-state index is 0.319. The van der Waals surface area contributed by atoms with Crippen LogP contribution in [0.4, 0.5) is 0 Å². The first kappa shape index (κ1) is 13.1. The average molecular weight is 305 g/mol. The Balaban J connectivity index is 1.79. The summed E-state index contributed by atoms with van der Waals surface area (Å²) in [5.41, 5.74) is 2.79. The second-order valence-electron chi connectivity index (χ2n) is 4.42. The Hall–Kier alpha value is -0.940. The largest absolute Gasteiger partial charge is 0.301 e. The van der Waals surface area contributed by atoms with Gasteiger partial charge < -0.3 is 5.32 Å². The zero-order valence-corrected chi connectivity index (χ0v) is 13.1. The summed E-state index contributed by atoms with van der Waals surface area (Å²) >= 11 is 5.41. The molecule has 1 N–H and O–H groups in total. The monoisotopic (exact) mass is 305 g/mol. The van der Waals surface area contributed by atoms with Gasteiger partial charge in [0.05, 0.1) is 6.04 Å². The van der Waals surface area contributed by atoms with Gasteiger partial charge in [0.2, 0.25) is 0 Å². The van der Waals surface area contributed by atoms with Gasteiger partial charge in [-0.05, 0) is 51.7 Å². The molecule has 0 unspecified atom stereocenters. The Kier molecular flexibility index (Phi) is 4.13. The summed E-state index contributed by atoms with van der Waals surface area (Å²) in [5, 5.41) is 12.4. The quantitative estimate of drug-likeness (QED) is 0.695. The van der Waals surface area contributed by atoms with E-state index in [9.17, 15) is 0 Å². The van der Waals surface area contributed by atoms with Gasteiger partial charge in [-0.2, -0.15) is 11.3 Å². The van der Waals surface area contributed by atoms with E-state index in [-0.39, 0.29) is 0 Å². The molecule has 3 rings (SSSR count). The van der Waals surface area contributed by atoms with E-state index in [0.717, 1.165) is 6.54 Å². The molecule has 0 aromatic carbocycles. The highest BCUT2D eigenvalue weighted by Crippen LogP contribution is 2.29. The molecule has 0 atom stereocenters. The van der Waals surface area contributed by atoms with Crippen LogP contribution >= 0.6 is 34.0 Å². The van der Waals surface area contributed by atoms with Crippen LogP contribution < -0.4 is 5.32 Å². The maximum atomic E-state index is 3.70. The number of hydrogen-bond acceptors (Lipinski definition) is 4. The van der Waals surface area contributed by atoms with Crippen molar-refractivity contribution in [3.63, 3.8) is 0 Å².